The number of furan rings is 1. The molecule has 2 rings (SSSR count). The zero-order valence-electron chi connectivity index (χ0n) is 11.1. The van der Waals surface area contributed by atoms with Crippen molar-refractivity contribution < 1.29 is 4.42 Å². The highest BCUT2D eigenvalue weighted by Crippen LogP contribution is 2.24. The molecule has 0 bridgehead atoms. The lowest BCUT2D eigenvalue weighted by Gasteiger charge is -2.17. The molecule has 98 valence electrons. The van der Waals surface area contributed by atoms with E-state index in [1.165, 1.54) is 11.1 Å². The fraction of sp³-hybridized carbons (Fsp3) is 0.467. The molecule has 0 aliphatic carbocycles. The second-order valence-corrected chi connectivity index (χ2v) is 5.21. The summed E-state index contributed by atoms with van der Waals surface area (Å²) in [6.45, 7) is 5.29. The van der Waals surface area contributed by atoms with Crippen LogP contribution in [0.25, 0.3) is 0 Å². The highest BCUT2D eigenvalue weighted by Gasteiger charge is 2.16. The summed E-state index contributed by atoms with van der Waals surface area (Å²) in [5, 5.41) is 7.95. The molecular weight excluding hydrogens is 242 g/mol. The van der Waals surface area contributed by atoms with Crippen molar-refractivity contribution in [1.82, 2.24) is 5.32 Å². The highest BCUT2D eigenvalue weighted by atomic mass is 32.1. The minimum Gasteiger partial charge on any atom is -0.469 e. The Labute approximate surface area is 113 Å². The molecule has 1 atom stereocenters. The van der Waals surface area contributed by atoms with Gasteiger partial charge in [0.25, 0.3) is 0 Å². The Hall–Kier alpha value is -1.06. The zero-order valence-corrected chi connectivity index (χ0v) is 11.9. The first kappa shape index (κ1) is 13.4. The van der Waals surface area contributed by atoms with Crippen LogP contribution in [0.4, 0.5) is 0 Å². The Morgan fingerprint density at radius 2 is 2.22 bits per heavy atom. The number of thiophene rings is 1. The van der Waals surface area contributed by atoms with Crippen LogP contribution >= 0.6 is 11.3 Å². The van der Waals surface area contributed by atoms with Crippen LogP contribution in [0.1, 0.15) is 43.2 Å². The molecule has 2 nitrogen and oxygen atoms in total. The minimum atomic E-state index is 0.406. The standard InChI is InChI=1S/C15H21NOS/c1-3-15-13(7-9-17-15)14(16-4-2)6-5-12-8-10-18-11-12/h7-11,14,16H,3-6H2,1-2H3. The van der Waals surface area contributed by atoms with Crippen molar-refractivity contribution in [1.29, 1.82) is 0 Å². The molecular formula is C15H21NOS. The first-order valence-electron chi connectivity index (χ1n) is 6.65. The lowest BCUT2D eigenvalue weighted by atomic mass is 9.99. The molecule has 1 N–H and O–H groups in total. The van der Waals surface area contributed by atoms with Crippen molar-refractivity contribution in [3.8, 4) is 0 Å². The van der Waals surface area contributed by atoms with Crippen LogP contribution in [0.2, 0.25) is 0 Å². The molecule has 18 heavy (non-hydrogen) atoms. The van der Waals surface area contributed by atoms with Gasteiger partial charge in [-0.1, -0.05) is 13.8 Å². The first-order valence-corrected chi connectivity index (χ1v) is 7.60. The second kappa shape index (κ2) is 6.76. The quantitative estimate of drug-likeness (QED) is 0.810. The second-order valence-electron chi connectivity index (χ2n) is 4.43. The maximum absolute atomic E-state index is 5.54. The van der Waals surface area contributed by atoms with Crippen LogP contribution in [0, 0.1) is 0 Å². The highest BCUT2D eigenvalue weighted by molar-refractivity contribution is 7.07. The molecule has 0 aromatic carbocycles. The van der Waals surface area contributed by atoms with Crippen LogP contribution in [-0.2, 0) is 12.8 Å². The average molecular weight is 263 g/mol. The van der Waals surface area contributed by atoms with E-state index in [0.29, 0.717) is 6.04 Å². The molecule has 0 fully saturated rings. The largest absolute Gasteiger partial charge is 0.469 e. The molecule has 1 unspecified atom stereocenters. The van der Waals surface area contributed by atoms with Gasteiger partial charge in [0.05, 0.1) is 6.26 Å². The van der Waals surface area contributed by atoms with Gasteiger partial charge in [-0.2, -0.15) is 11.3 Å². The average Bonchev–Trinajstić information content (AvgIpc) is 3.04. The molecule has 0 saturated carbocycles. The van der Waals surface area contributed by atoms with E-state index in [0.717, 1.165) is 31.6 Å². The van der Waals surface area contributed by atoms with Crippen LogP contribution in [0.3, 0.4) is 0 Å². The molecule has 2 aromatic heterocycles. The molecule has 0 amide bonds. The SMILES string of the molecule is CCNC(CCc1ccsc1)c1ccoc1CC. The summed E-state index contributed by atoms with van der Waals surface area (Å²) >= 11 is 1.77. The molecule has 0 saturated heterocycles. The Morgan fingerprint density at radius 3 is 2.89 bits per heavy atom. The smallest absolute Gasteiger partial charge is 0.108 e. The van der Waals surface area contributed by atoms with E-state index in [9.17, 15) is 0 Å². The van der Waals surface area contributed by atoms with Crippen LogP contribution in [-0.4, -0.2) is 6.54 Å². The van der Waals surface area contributed by atoms with Crippen molar-refractivity contribution in [2.75, 3.05) is 6.54 Å². The summed E-state index contributed by atoms with van der Waals surface area (Å²) in [5.74, 6) is 1.12. The number of hydrogen-bond donors (Lipinski definition) is 1. The maximum Gasteiger partial charge on any atom is 0.108 e. The number of nitrogens with one attached hydrogen (secondary N) is 1. The Balaban J connectivity index is 2.03. The molecule has 0 aliphatic heterocycles. The summed E-state index contributed by atoms with van der Waals surface area (Å²) in [4.78, 5) is 0. The Bertz CT molecular complexity index is 447. The van der Waals surface area contributed by atoms with Crippen LogP contribution < -0.4 is 5.32 Å². The molecule has 2 heterocycles. The molecule has 2 aromatic rings. The summed E-state index contributed by atoms with van der Waals surface area (Å²) in [6.07, 6.45) is 5.01. The van der Waals surface area contributed by atoms with E-state index in [1.54, 1.807) is 11.3 Å². The van der Waals surface area contributed by atoms with E-state index in [1.807, 2.05) is 6.26 Å². The van der Waals surface area contributed by atoms with Crippen molar-refractivity contribution in [2.45, 2.75) is 39.2 Å². The number of aryl methyl sites for hydroxylation is 2. The topological polar surface area (TPSA) is 25.2 Å². The third kappa shape index (κ3) is 3.24. The molecule has 0 spiro atoms. The van der Waals surface area contributed by atoms with Gasteiger partial charge >= 0.3 is 0 Å². The van der Waals surface area contributed by atoms with Gasteiger partial charge in [-0.05, 0) is 47.8 Å². The van der Waals surface area contributed by atoms with E-state index in [2.05, 4.69) is 42.1 Å². The normalized spacial score (nSPS) is 12.8. The third-order valence-electron chi connectivity index (χ3n) is 3.23. The summed E-state index contributed by atoms with van der Waals surface area (Å²) < 4.78 is 5.54. The Kier molecular flexibility index (Phi) is 5.02. The van der Waals surface area contributed by atoms with E-state index < -0.39 is 0 Å². The minimum absolute atomic E-state index is 0.406. The predicted octanol–water partition coefficient (Wildman–Crippen LogP) is 4.19. The van der Waals surface area contributed by atoms with Gasteiger partial charge in [-0.3, -0.25) is 0 Å². The van der Waals surface area contributed by atoms with Crippen molar-refractivity contribution in [2.24, 2.45) is 0 Å². The van der Waals surface area contributed by atoms with Gasteiger partial charge in [0.15, 0.2) is 0 Å². The molecule has 0 radical (unpaired) electrons. The summed E-state index contributed by atoms with van der Waals surface area (Å²) in [7, 11) is 0. The summed E-state index contributed by atoms with van der Waals surface area (Å²) in [6, 6.07) is 4.73. The lowest BCUT2D eigenvalue weighted by molar-refractivity contribution is 0.475. The lowest BCUT2D eigenvalue weighted by Crippen LogP contribution is -2.22. The van der Waals surface area contributed by atoms with Gasteiger partial charge in [-0.25, -0.2) is 0 Å². The van der Waals surface area contributed by atoms with Gasteiger partial charge in [0.1, 0.15) is 5.76 Å². The van der Waals surface area contributed by atoms with Gasteiger partial charge in [0.2, 0.25) is 0 Å². The van der Waals surface area contributed by atoms with Gasteiger partial charge in [0, 0.05) is 18.0 Å². The molecule has 3 heteroatoms. The fourth-order valence-electron chi connectivity index (χ4n) is 2.31. The summed E-state index contributed by atoms with van der Waals surface area (Å²) in [5.41, 5.74) is 2.76. The maximum atomic E-state index is 5.54. The van der Waals surface area contributed by atoms with Crippen molar-refractivity contribution in [3.05, 3.63) is 46.0 Å². The monoisotopic (exact) mass is 263 g/mol. The van der Waals surface area contributed by atoms with Crippen LogP contribution in [0.5, 0.6) is 0 Å². The number of rotatable bonds is 7. The van der Waals surface area contributed by atoms with Gasteiger partial charge in [-0.15, -0.1) is 0 Å². The van der Waals surface area contributed by atoms with E-state index in [-0.39, 0.29) is 0 Å². The van der Waals surface area contributed by atoms with Crippen LogP contribution in [0.15, 0.2) is 33.6 Å². The van der Waals surface area contributed by atoms with Crippen molar-refractivity contribution >= 4 is 11.3 Å². The Morgan fingerprint density at radius 1 is 1.33 bits per heavy atom. The van der Waals surface area contributed by atoms with E-state index >= 15 is 0 Å². The van der Waals surface area contributed by atoms with Gasteiger partial charge < -0.3 is 9.73 Å². The third-order valence-corrected chi connectivity index (χ3v) is 3.96. The predicted molar refractivity (Wildman–Crippen MR) is 77.1 cm³/mol. The van der Waals surface area contributed by atoms with E-state index in [4.69, 9.17) is 4.42 Å². The fourth-order valence-corrected chi connectivity index (χ4v) is 3.01. The van der Waals surface area contributed by atoms with Crippen molar-refractivity contribution in [3.63, 3.8) is 0 Å². The molecule has 0 aliphatic rings. The first-order chi connectivity index (χ1) is 8.85. The zero-order chi connectivity index (χ0) is 12.8. The number of hydrogen-bond acceptors (Lipinski definition) is 3.